The minimum atomic E-state index is -0.415. The summed E-state index contributed by atoms with van der Waals surface area (Å²) < 4.78 is 0. The van der Waals surface area contributed by atoms with Gasteiger partial charge in [-0.15, -0.1) is 0 Å². The number of hydrogen-bond acceptors (Lipinski definition) is 4. The molecule has 116 valence electrons. The first kappa shape index (κ1) is 14.7. The maximum atomic E-state index is 12.5. The number of benzene rings is 1. The number of nitrogens with two attached hydrogens (primary N) is 1. The summed E-state index contributed by atoms with van der Waals surface area (Å²) in [4.78, 5) is 16.6. The van der Waals surface area contributed by atoms with Crippen LogP contribution in [0.3, 0.4) is 0 Å². The van der Waals surface area contributed by atoms with Crippen LogP contribution in [0.4, 0.5) is 5.69 Å². The number of rotatable bonds is 3. The second kappa shape index (κ2) is 5.88. The Hall–Kier alpha value is -2.21. The molecule has 2 unspecified atom stereocenters. The molecule has 1 fully saturated rings. The van der Waals surface area contributed by atoms with Gasteiger partial charge < -0.3 is 11.1 Å². The largest absolute Gasteiger partial charge is 0.326 e. The highest BCUT2D eigenvalue weighted by molar-refractivity contribution is 5.93. The Morgan fingerprint density at radius 1 is 1.36 bits per heavy atom. The first-order chi connectivity index (χ1) is 10.6. The Labute approximate surface area is 129 Å². The Bertz CT molecular complexity index is 633. The van der Waals surface area contributed by atoms with Gasteiger partial charge in [0, 0.05) is 16.8 Å². The van der Waals surface area contributed by atoms with E-state index in [2.05, 4.69) is 20.5 Å². The average molecular weight is 299 g/mol. The van der Waals surface area contributed by atoms with Gasteiger partial charge in [0.25, 0.3) is 0 Å². The highest BCUT2D eigenvalue weighted by atomic mass is 16.1. The lowest BCUT2D eigenvalue weighted by Crippen LogP contribution is -2.51. The molecule has 3 rings (SSSR count). The molecule has 0 aliphatic heterocycles. The number of nitrogens with one attached hydrogen (secondary N) is 2. The van der Waals surface area contributed by atoms with E-state index in [0.717, 1.165) is 36.9 Å². The Morgan fingerprint density at radius 2 is 2.14 bits per heavy atom. The highest BCUT2D eigenvalue weighted by Crippen LogP contribution is 2.32. The first-order valence-corrected chi connectivity index (χ1v) is 7.62. The quantitative estimate of drug-likeness (QED) is 0.810. The van der Waals surface area contributed by atoms with Crippen molar-refractivity contribution in [1.29, 1.82) is 0 Å². The van der Waals surface area contributed by atoms with Gasteiger partial charge in [-0.05, 0) is 44.0 Å². The van der Waals surface area contributed by atoms with E-state index in [1.54, 1.807) is 0 Å². The number of aromatic nitrogens is 3. The zero-order chi connectivity index (χ0) is 15.6. The molecule has 6 heteroatoms. The van der Waals surface area contributed by atoms with Crippen molar-refractivity contribution in [2.45, 2.75) is 38.1 Å². The maximum absolute atomic E-state index is 12.5. The Kier molecular flexibility index (Phi) is 3.94. The molecule has 1 heterocycles. The van der Waals surface area contributed by atoms with E-state index in [9.17, 15) is 4.79 Å². The fraction of sp³-hybridized carbons (Fsp3) is 0.438. The van der Waals surface area contributed by atoms with E-state index < -0.39 is 5.54 Å². The van der Waals surface area contributed by atoms with Gasteiger partial charge in [0.2, 0.25) is 5.91 Å². The summed E-state index contributed by atoms with van der Waals surface area (Å²) in [5.41, 5.74) is 7.57. The topological polar surface area (TPSA) is 96.7 Å². The van der Waals surface area contributed by atoms with Gasteiger partial charge in [-0.2, -0.15) is 5.10 Å². The number of anilines is 1. The SMILES string of the molecule is CC1(N)CCCCC1C(=O)Nc1ccc(-c2ncn[nH]2)cc1. The van der Waals surface area contributed by atoms with Crippen LogP contribution in [-0.4, -0.2) is 26.6 Å². The molecule has 1 aromatic carbocycles. The smallest absolute Gasteiger partial charge is 0.229 e. The van der Waals surface area contributed by atoms with Crippen LogP contribution in [0.2, 0.25) is 0 Å². The second-order valence-corrected chi connectivity index (χ2v) is 6.20. The van der Waals surface area contributed by atoms with E-state index in [-0.39, 0.29) is 11.8 Å². The third-order valence-corrected chi connectivity index (χ3v) is 4.41. The highest BCUT2D eigenvalue weighted by Gasteiger charge is 2.37. The van der Waals surface area contributed by atoms with Crippen molar-refractivity contribution in [3.8, 4) is 11.4 Å². The molecule has 2 atom stereocenters. The molecule has 1 amide bonds. The molecular weight excluding hydrogens is 278 g/mol. The molecule has 0 saturated heterocycles. The van der Waals surface area contributed by atoms with Crippen molar-refractivity contribution in [3.05, 3.63) is 30.6 Å². The standard InChI is InChI=1S/C16H21N5O/c1-16(17)9-3-2-4-13(16)15(22)20-12-7-5-11(6-8-12)14-18-10-19-21-14/h5-8,10,13H,2-4,9,17H2,1H3,(H,20,22)(H,18,19,21). The van der Waals surface area contributed by atoms with Gasteiger partial charge in [0.1, 0.15) is 6.33 Å². The molecular formula is C16H21N5O. The minimum Gasteiger partial charge on any atom is -0.326 e. The van der Waals surface area contributed by atoms with E-state index in [0.29, 0.717) is 5.82 Å². The second-order valence-electron chi connectivity index (χ2n) is 6.20. The Morgan fingerprint density at radius 3 is 2.77 bits per heavy atom. The minimum absolute atomic E-state index is 0.0112. The van der Waals surface area contributed by atoms with Crippen LogP contribution in [0.25, 0.3) is 11.4 Å². The van der Waals surface area contributed by atoms with E-state index in [1.165, 1.54) is 6.33 Å². The molecule has 0 spiro atoms. The van der Waals surface area contributed by atoms with Crippen LogP contribution >= 0.6 is 0 Å². The zero-order valence-corrected chi connectivity index (χ0v) is 12.7. The van der Waals surface area contributed by atoms with Gasteiger partial charge in [0.15, 0.2) is 5.82 Å². The van der Waals surface area contributed by atoms with Gasteiger partial charge in [0.05, 0.1) is 5.92 Å². The summed E-state index contributed by atoms with van der Waals surface area (Å²) in [7, 11) is 0. The van der Waals surface area contributed by atoms with Gasteiger partial charge in [-0.3, -0.25) is 9.89 Å². The van der Waals surface area contributed by atoms with Crippen molar-refractivity contribution >= 4 is 11.6 Å². The lowest BCUT2D eigenvalue weighted by atomic mass is 9.74. The maximum Gasteiger partial charge on any atom is 0.229 e. The number of carbonyl (C=O) groups is 1. The summed E-state index contributed by atoms with van der Waals surface area (Å²) in [5.74, 6) is 0.590. The normalized spacial score (nSPS) is 24.9. The van der Waals surface area contributed by atoms with Gasteiger partial charge in [-0.25, -0.2) is 4.98 Å². The molecule has 4 N–H and O–H groups in total. The van der Waals surface area contributed by atoms with Crippen LogP contribution in [0, 0.1) is 5.92 Å². The molecule has 0 bridgehead atoms. The summed E-state index contributed by atoms with van der Waals surface area (Å²) in [6.45, 7) is 1.98. The van der Waals surface area contributed by atoms with Gasteiger partial charge in [-0.1, -0.05) is 12.8 Å². The van der Waals surface area contributed by atoms with Crippen molar-refractivity contribution in [3.63, 3.8) is 0 Å². The lowest BCUT2D eigenvalue weighted by Gasteiger charge is -2.37. The number of amides is 1. The molecule has 0 radical (unpaired) electrons. The summed E-state index contributed by atoms with van der Waals surface area (Å²) in [6.07, 6.45) is 5.39. The predicted molar refractivity (Wildman–Crippen MR) is 85.0 cm³/mol. The third kappa shape index (κ3) is 3.01. The Balaban J connectivity index is 1.69. The van der Waals surface area contributed by atoms with E-state index >= 15 is 0 Å². The van der Waals surface area contributed by atoms with Crippen LogP contribution in [0.1, 0.15) is 32.6 Å². The van der Waals surface area contributed by atoms with E-state index in [4.69, 9.17) is 5.73 Å². The van der Waals surface area contributed by atoms with Crippen molar-refractivity contribution < 1.29 is 4.79 Å². The monoisotopic (exact) mass is 299 g/mol. The molecule has 1 aromatic heterocycles. The summed E-state index contributed by atoms with van der Waals surface area (Å²) >= 11 is 0. The number of H-pyrrole nitrogens is 1. The molecule has 22 heavy (non-hydrogen) atoms. The number of aromatic amines is 1. The first-order valence-electron chi connectivity index (χ1n) is 7.62. The van der Waals surface area contributed by atoms with Crippen LogP contribution < -0.4 is 11.1 Å². The summed E-state index contributed by atoms with van der Waals surface area (Å²) in [5, 5.41) is 9.61. The zero-order valence-electron chi connectivity index (χ0n) is 12.7. The van der Waals surface area contributed by atoms with Gasteiger partial charge >= 0.3 is 0 Å². The number of nitrogens with zero attached hydrogens (tertiary/aromatic N) is 2. The summed E-state index contributed by atoms with van der Waals surface area (Å²) in [6, 6.07) is 7.54. The van der Waals surface area contributed by atoms with Crippen molar-refractivity contribution in [2.24, 2.45) is 11.7 Å². The van der Waals surface area contributed by atoms with Crippen molar-refractivity contribution in [1.82, 2.24) is 15.2 Å². The van der Waals surface area contributed by atoms with Crippen molar-refractivity contribution in [2.75, 3.05) is 5.32 Å². The molecule has 6 nitrogen and oxygen atoms in total. The predicted octanol–water partition coefficient (Wildman–Crippen LogP) is 2.32. The number of carbonyl (C=O) groups excluding carboxylic acids is 1. The molecule has 2 aromatic rings. The van der Waals surface area contributed by atoms with Crippen LogP contribution in [-0.2, 0) is 4.79 Å². The van der Waals surface area contributed by atoms with Crippen LogP contribution in [0.5, 0.6) is 0 Å². The van der Waals surface area contributed by atoms with E-state index in [1.807, 2.05) is 31.2 Å². The fourth-order valence-electron chi connectivity index (χ4n) is 3.07. The molecule has 1 aliphatic carbocycles. The lowest BCUT2D eigenvalue weighted by molar-refractivity contribution is -0.122. The number of hydrogen-bond donors (Lipinski definition) is 3. The average Bonchev–Trinajstić information content (AvgIpc) is 3.01. The molecule has 1 aliphatic rings. The van der Waals surface area contributed by atoms with Crippen LogP contribution in [0.15, 0.2) is 30.6 Å². The fourth-order valence-corrected chi connectivity index (χ4v) is 3.07. The third-order valence-electron chi connectivity index (χ3n) is 4.41. The molecule has 1 saturated carbocycles.